The van der Waals surface area contributed by atoms with E-state index in [1.165, 1.54) is 32.1 Å². The second-order valence-electron chi connectivity index (χ2n) is 7.07. The van der Waals surface area contributed by atoms with Crippen LogP contribution in [-0.2, 0) is 4.79 Å². The Labute approximate surface area is 118 Å². The molecule has 1 heterocycles. The minimum absolute atomic E-state index is 0.0743. The number of nitrogens with zero attached hydrogens (tertiary/aromatic N) is 1. The van der Waals surface area contributed by atoms with Crippen molar-refractivity contribution in [2.75, 3.05) is 13.2 Å². The summed E-state index contributed by atoms with van der Waals surface area (Å²) in [6.07, 6.45) is 7.69. The third kappa shape index (κ3) is 4.20. The topological polar surface area (TPSA) is 32.3 Å². The Balaban J connectivity index is 1.73. The Morgan fingerprint density at radius 2 is 2.16 bits per heavy atom. The minimum Gasteiger partial charge on any atom is -0.329 e. The number of nitrogens with one attached hydrogen (secondary N) is 1. The Hall–Kier alpha value is -0.570. The fourth-order valence-electron chi connectivity index (χ4n) is 3.61. The minimum atomic E-state index is 0.0743. The van der Waals surface area contributed by atoms with Crippen LogP contribution < -0.4 is 5.32 Å². The molecule has 3 nitrogen and oxygen atoms in total. The third-order valence-electron chi connectivity index (χ3n) is 4.70. The Morgan fingerprint density at radius 3 is 2.84 bits per heavy atom. The van der Waals surface area contributed by atoms with Crippen LogP contribution in [0.4, 0.5) is 0 Å². The molecule has 1 saturated heterocycles. The van der Waals surface area contributed by atoms with E-state index in [4.69, 9.17) is 0 Å². The molecule has 3 heteroatoms. The summed E-state index contributed by atoms with van der Waals surface area (Å²) in [6, 6.07) is 0.0743. The zero-order valence-corrected chi connectivity index (χ0v) is 12.8. The van der Waals surface area contributed by atoms with Crippen molar-refractivity contribution in [1.82, 2.24) is 10.2 Å². The van der Waals surface area contributed by atoms with Crippen molar-refractivity contribution in [3.05, 3.63) is 0 Å². The number of hydrogen-bond acceptors (Lipinski definition) is 2. The molecule has 0 aromatic heterocycles. The molecule has 110 valence electrons. The molecule has 19 heavy (non-hydrogen) atoms. The molecule has 0 bridgehead atoms. The molecule has 1 aliphatic carbocycles. The average molecular weight is 266 g/mol. The number of hydrogen-bond donors (Lipinski definition) is 1. The van der Waals surface area contributed by atoms with Crippen molar-refractivity contribution in [3.8, 4) is 0 Å². The Kier molecular flexibility index (Phi) is 5.26. The van der Waals surface area contributed by atoms with Gasteiger partial charge in [0.1, 0.15) is 0 Å². The standard InChI is InChI=1S/C16H30N2O/c1-12(2)9-15-16(19)18(11-17-15)8-7-14-6-4-5-13(3)10-14/h12-15,17H,4-11H2,1-3H3. The van der Waals surface area contributed by atoms with Crippen molar-refractivity contribution < 1.29 is 4.79 Å². The lowest BCUT2D eigenvalue weighted by Gasteiger charge is -2.28. The first-order valence-electron chi connectivity index (χ1n) is 8.08. The van der Waals surface area contributed by atoms with Gasteiger partial charge in [-0.3, -0.25) is 10.1 Å². The van der Waals surface area contributed by atoms with E-state index >= 15 is 0 Å². The van der Waals surface area contributed by atoms with E-state index in [1.807, 2.05) is 4.90 Å². The fraction of sp³-hybridized carbons (Fsp3) is 0.938. The SMILES string of the molecule is CC(C)CC1NCN(CCC2CCCC(C)C2)C1=O. The monoisotopic (exact) mass is 266 g/mol. The summed E-state index contributed by atoms with van der Waals surface area (Å²) in [5, 5.41) is 3.36. The molecule has 0 aromatic carbocycles. The van der Waals surface area contributed by atoms with Crippen LogP contribution in [-0.4, -0.2) is 30.1 Å². The maximum atomic E-state index is 12.2. The summed E-state index contributed by atoms with van der Waals surface area (Å²) in [7, 11) is 0. The van der Waals surface area contributed by atoms with Crippen LogP contribution in [0.25, 0.3) is 0 Å². The average Bonchev–Trinajstić information content (AvgIpc) is 2.68. The quantitative estimate of drug-likeness (QED) is 0.829. The molecule has 3 atom stereocenters. The van der Waals surface area contributed by atoms with E-state index in [-0.39, 0.29) is 6.04 Å². The van der Waals surface area contributed by atoms with Gasteiger partial charge in [-0.15, -0.1) is 0 Å². The van der Waals surface area contributed by atoms with Crippen LogP contribution in [0.15, 0.2) is 0 Å². The van der Waals surface area contributed by atoms with E-state index < -0.39 is 0 Å². The van der Waals surface area contributed by atoms with E-state index in [9.17, 15) is 4.79 Å². The van der Waals surface area contributed by atoms with Crippen molar-refractivity contribution in [2.45, 2.75) is 65.3 Å². The van der Waals surface area contributed by atoms with E-state index in [0.717, 1.165) is 31.5 Å². The van der Waals surface area contributed by atoms with Crippen LogP contribution in [0.1, 0.15) is 59.3 Å². The summed E-state index contributed by atoms with van der Waals surface area (Å²) in [6.45, 7) is 8.45. The molecule has 2 fully saturated rings. The molecule has 3 unspecified atom stereocenters. The van der Waals surface area contributed by atoms with Gasteiger partial charge in [-0.1, -0.05) is 40.0 Å². The summed E-state index contributed by atoms with van der Waals surface area (Å²) in [4.78, 5) is 14.3. The Morgan fingerprint density at radius 1 is 1.37 bits per heavy atom. The molecule has 1 saturated carbocycles. The van der Waals surface area contributed by atoms with Gasteiger partial charge in [0, 0.05) is 6.54 Å². The zero-order chi connectivity index (χ0) is 13.8. The van der Waals surface area contributed by atoms with Crippen molar-refractivity contribution in [1.29, 1.82) is 0 Å². The first-order valence-corrected chi connectivity index (χ1v) is 8.08. The van der Waals surface area contributed by atoms with Crippen molar-refractivity contribution in [2.24, 2.45) is 17.8 Å². The highest BCUT2D eigenvalue weighted by atomic mass is 16.2. The molecule has 2 aliphatic rings. The van der Waals surface area contributed by atoms with Crippen LogP contribution in [0.5, 0.6) is 0 Å². The molecule has 2 rings (SSSR count). The largest absolute Gasteiger partial charge is 0.329 e. The molecule has 1 N–H and O–H groups in total. The van der Waals surface area contributed by atoms with Crippen molar-refractivity contribution in [3.63, 3.8) is 0 Å². The van der Waals surface area contributed by atoms with Crippen LogP contribution in [0.2, 0.25) is 0 Å². The predicted octanol–water partition coefficient (Wildman–Crippen LogP) is 3.01. The summed E-state index contributed by atoms with van der Waals surface area (Å²) in [5.41, 5.74) is 0. The predicted molar refractivity (Wildman–Crippen MR) is 78.7 cm³/mol. The number of rotatable bonds is 5. The van der Waals surface area contributed by atoms with Crippen LogP contribution in [0, 0.1) is 17.8 Å². The summed E-state index contributed by atoms with van der Waals surface area (Å²) in [5.74, 6) is 2.65. The molecular weight excluding hydrogens is 236 g/mol. The normalized spacial score (nSPS) is 32.3. The van der Waals surface area contributed by atoms with E-state index in [2.05, 4.69) is 26.1 Å². The van der Waals surface area contributed by atoms with Gasteiger partial charge in [-0.2, -0.15) is 0 Å². The lowest BCUT2D eigenvalue weighted by Crippen LogP contribution is -2.33. The van der Waals surface area contributed by atoms with Crippen molar-refractivity contribution >= 4 is 5.91 Å². The number of amides is 1. The van der Waals surface area contributed by atoms with Gasteiger partial charge in [0.25, 0.3) is 0 Å². The summed E-state index contributed by atoms with van der Waals surface area (Å²) < 4.78 is 0. The third-order valence-corrected chi connectivity index (χ3v) is 4.70. The zero-order valence-electron chi connectivity index (χ0n) is 12.8. The Bertz CT molecular complexity index is 303. The van der Waals surface area contributed by atoms with E-state index in [1.54, 1.807) is 0 Å². The highest BCUT2D eigenvalue weighted by Gasteiger charge is 2.31. The van der Waals surface area contributed by atoms with Gasteiger partial charge >= 0.3 is 0 Å². The molecule has 0 spiro atoms. The van der Waals surface area contributed by atoms with Gasteiger partial charge in [0.05, 0.1) is 12.7 Å². The number of carbonyl (C=O) groups is 1. The maximum absolute atomic E-state index is 12.2. The first kappa shape index (κ1) is 14.8. The molecular formula is C16H30N2O. The van der Waals surface area contributed by atoms with Crippen LogP contribution >= 0.6 is 0 Å². The first-order chi connectivity index (χ1) is 9.06. The lowest BCUT2D eigenvalue weighted by atomic mass is 9.81. The van der Waals surface area contributed by atoms with Gasteiger partial charge in [0.2, 0.25) is 5.91 Å². The second-order valence-corrected chi connectivity index (χ2v) is 7.07. The van der Waals surface area contributed by atoms with Crippen LogP contribution in [0.3, 0.4) is 0 Å². The van der Waals surface area contributed by atoms with Gasteiger partial charge in [-0.05, 0) is 37.0 Å². The fourth-order valence-corrected chi connectivity index (χ4v) is 3.61. The summed E-state index contributed by atoms with van der Waals surface area (Å²) >= 11 is 0. The lowest BCUT2D eigenvalue weighted by molar-refractivity contribution is -0.129. The van der Waals surface area contributed by atoms with Gasteiger partial charge < -0.3 is 4.90 Å². The van der Waals surface area contributed by atoms with Gasteiger partial charge in [-0.25, -0.2) is 0 Å². The molecule has 1 aliphatic heterocycles. The second kappa shape index (κ2) is 6.74. The highest BCUT2D eigenvalue weighted by Crippen LogP contribution is 2.31. The van der Waals surface area contributed by atoms with Gasteiger partial charge in [0.15, 0.2) is 0 Å². The molecule has 0 radical (unpaired) electrons. The molecule has 0 aromatic rings. The number of carbonyl (C=O) groups excluding carboxylic acids is 1. The maximum Gasteiger partial charge on any atom is 0.240 e. The highest BCUT2D eigenvalue weighted by molar-refractivity contribution is 5.83. The molecule has 1 amide bonds. The smallest absolute Gasteiger partial charge is 0.240 e. The van der Waals surface area contributed by atoms with E-state index in [0.29, 0.717) is 11.8 Å².